The third kappa shape index (κ3) is 3.86. The number of carbonyl (C=O) groups is 2. The van der Waals surface area contributed by atoms with Gasteiger partial charge >= 0.3 is 11.9 Å². The predicted molar refractivity (Wildman–Crippen MR) is 95.5 cm³/mol. The maximum atomic E-state index is 12.1. The second kappa shape index (κ2) is 7.63. The molecule has 0 radical (unpaired) electrons. The average Bonchev–Trinajstić information content (AvgIpc) is 3.10. The van der Waals surface area contributed by atoms with Crippen LogP contribution in [0.2, 0.25) is 0 Å². The van der Waals surface area contributed by atoms with Gasteiger partial charge in [-0.3, -0.25) is 0 Å². The lowest BCUT2D eigenvalue weighted by Gasteiger charge is -2.39. The fourth-order valence-corrected chi connectivity index (χ4v) is 3.20. The van der Waals surface area contributed by atoms with E-state index in [-0.39, 0.29) is 0 Å². The number of rotatable bonds is 5. The van der Waals surface area contributed by atoms with Gasteiger partial charge in [-0.25, -0.2) is 9.59 Å². The number of ether oxygens (including phenoxy) is 2. The van der Waals surface area contributed by atoms with E-state index in [1.165, 1.54) is 19.4 Å². The van der Waals surface area contributed by atoms with E-state index in [1.807, 2.05) is 0 Å². The summed E-state index contributed by atoms with van der Waals surface area (Å²) in [6.45, 7) is 0. The lowest BCUT2D eigenvalue weighted by Crippen LogP contribution is -2.57. The zero-order valence-corrected chi connectivity index (χ0v) is 14.9. The fraction of sp³-hybridized carbons (Fsp3) is 0.368. The number of fused-ring (bicyclic) bond motifs is 1. The molecule has 4 atom stereocenters. The second-order valence-electron chi connectivity index (χ2n) is 6.66. The molecule has 3 rings (SSSR count). The summed E-state index contributed by atoms with van der Waals surface area (Å²) in [5.74, 6) is -1.95. The molecule has 1 fully saturated rings. The molecule has 4 N–H and O–H groups in total. The Labute approximate surface area is 159 Å². The highest BCUT2D eigenvalue weighted by molar-refractivity contribution is 5.90. The van der Waals surface area contributed by atoms with Gasteiger partial charge in [-0.1, -0.05) is 0 Å². The Hall–Kier alpha value is -2.88. The van der Waals surface area contributed by atoms with E-state index >= 15 is 0 Å². The van der Waals surface area contributed by atoms with Crippen LogP contribution in [-0.2, 0) is 14.3 Å². The van der Waals surface area contributed by atoms with Crippen molar-refractivity contribution in [2.24, 2.45) is 0 Å². The molecule has 0 unspecified atom stereocenters. The van der Waals surface area contributed by atoms with E-state index in [1.54, 1.807) is 18.2 Å². The zero-order chi connectivity index (χ0) is 20.5. The maximum absolute atomic E-state index is 12.1. The van der Waals surface area contributed by atoms with Crippen LogP contribution in [0, 0.1) is 0 Å². The van der Waals surface area contributed by atoms with Crippen molar-refractivity contribution >= 4 is 29.0 Å². The Morgan fingerprint density at radius 1 is 1.29 bits per heavy atom. The Balaban J connectivity index is 1.75. The summed E-state index contributed by atoms with van der Waals surface area (Å²) < 4.78 is 15.6. The topological polar surface area (TPSA) is 147 Å². The highest BCUT2D eigenvalue weighted by atomic mass is 16.6. The van der Waals surface area contributed by atoms with Crippen LogP contribution >= 0.6 is 0 Å². The molecule has 0 amide bonds. The summed E-state index contributed by atoms with van der Waals surface area (Å²) in [6.07, 6.45) is -1.53. The van der Waals surface area contributed by atoms with Gasteiger partial charge in [-0.05, 0) is 24.3 Å². The number of benzene rings is 1. The quantitative estimate of drug-likeness (QED) is 0.426. The lowest BCUT2D eigenvalue weighted by atomic mass is 9.79. The summed E-state index contributed by atoms with van der Waals surface area (Å²) in [5, 5.41) is 39.8. The smallest absolute Gasteiger partial charge is 0.335 e. The van der Waals surface area contributed by atoms with Crippen LogP contribution in [0.1, 0.15) is 18.4 Å². The summed E-state index contributed by atoms with van der Waals surface area (Å²) in [7, 11) is 1.48. The van der Waals surface area contributed by atoms with Crippen LogP contribution in [0.3, 0.4) is 0 Å². The number of carbonyl (C=O) groups excluding carboxylic acids is 1. The molecule has 0 aliphatic heterocycles. The molecule has 0 spiro atoms. The molecule has 9 nitrogen and oxygen atoms in total. The molecule has 1 saturated carbocycles. The van der Waals surface area contributed by atoms with Gasteiger partial charge in [-0.15, -0.1) is 0 Å². The Morgan fingerprint density at radius 2 is 2.04 bits per heavy atom. The van der Waals surface area contributed by atoms with Crippen LogP contribution in [0.5, 0.6) is 5.75 Å². The molecule has 9 heteroatoms. The van der Waals surface area contributed by atoms with E-state index in [0.29, 0.717) is 16.9 Å². The minimum Gasteiger partial charge on any atom is -0.496 e. The first kappa shape index (κ1) is 19.9. The van der Waals surface area contributed by atoms with Crippen LogP contribution in [0.4, 0.5) is 0 Å². The van der Waals surface area contributed by atoms with E-state index in [4.69, 9.17) is 19.0 Å². The number of aliphatic carboxylic acids is 1. The first-order valence-corrected chi connectivity index (χ1v) is 8.49. The van der Waals surface area contributed by atoms with Crippen molar-refractivity contribution in [2.45, 2.75) is 36.8 Å². The van der Waals surface area contributed by atoms with Crippen molar-refractivity contribution in [1.82, 2.24) is 0 Å². The van der Waals surface area contributed by atoms with Gasteiger partial charge < -0.3 is 34.3 Å². The first-order valence-electron chi connectivity index (χ1n) is 8.49. The summed E-state index contributed by atoms with van der Waals surface area (Å²) in [6, 6.07) is 5.16. The van der Waals surface area contributed by atoms with Crippen LogP contribution in [0.25, 0.3) is 17.0 Å². The second-order valence-corrected chi connectivity index (χ2v) is 6.66. The highest BCUT2D eigenvalue weighted by Crippen LogP contribution is 2.32. The normalized spacial score (nSPS) is 27.8. The number of esters is 1. The van der Waals surface area contributed by atoms with E-state index in [9.17, 15) is 24.9 Å². The fourth-order valence-electron chi connectivity index (χ4n) is 3.20. The average molecular weight is 392 g/mol. The van der Waals surface area contributed by atoms with E-state index in [2.05, 4.69) is 0 Å². The standard InChI is InChI=1S/C19H20O9/c1-26-13-6-11-4-5-27-14(11)7-10(13)2-3-16(21)28-15-9-19(25,18(23)24)8-12(20)17(15)22/h2-7,12,15,17,20,22,25H,8-9H2,1H3,(H,23,24)/b3-2+/t12-,15-,17-,19+/m1/s1. The Kier molecular flexibility index (Phi) is 5.41. The molecular weight excluding hydrogens is 372 g/mol. The summed E-state index contributed by atoms with van der Waals surface area (Å²) in [4.78, 5) is 23.3. The van der Waals surface area contributed by atoms with Crippen LogP contribution in [0.15, 0.2) is 35.0 Å². The highest BCUT2D eigenvalue weighted by Gasteiger charge is 2.50. The van der Waals surface area contributed by atoms with Crippen molar-refractivity contribution < 1.29 is 43.9 Å². The number of aliphatic hydroxyl groups excluding tert-OH is 2. The molecule has 1 aliphatic carbocycles. The van der Waals surface area contributed by atoms with E-state index in [0.717, 1.165) is 11.5 Å². The third-order valence-corrected chi connectivity index (χ3v) is 4.73. The molecule has 1 heterocycles. The van der Waals surface area contributed by atoms with Crippen LogP contribution < -0.4 is 4.74 Å². The number of aliphatic hydroxyl groups is 3. The molecule has 0 saturated heterocycles. The summed E-state index contributed by atoms with van der Waals surface area (Å²) in [5.41, 5.74) is -1.17. The molecule has 1 aromatic carbocycles. The largest absolute Gasteiger partial charge is 0.496 e. The number of hydrogen-bond acceptors (Lipinski definition) is 8. The number of hydrogen-bond donors (Lipinski definition) is 4. The minimum atomic E-state index is -2.29. The number of carboxylic acids is 1. The van der Waals surface area contributed by atoms with Crippen LogP contribution in [-0.4, -0.2) is 63.4 Å². The number of carboxylic acid groups (broad SMARTS) is 1. The monoisotopic (exact) mass is 392 g/mol. The third-order valence-electron chi connectivity index (χ3n) is 4.73. The molecule has 28 heavy (non-hydrogen) atoms. The zero-order valence-electron chi connectivity index (χ0n) is 14.9. The van der Waals surface area contributed by atoms with Crippen molar-refractivity contribution in [3.63, 3.8) is 0 Å². The van der Waals surface area contributed by atoms with Gasteiger partial charge in [0.2, 0.25) is 0 Å². The predicted octanol–water partition coefficient (Wildman–Crippen LogP) is 0.698. The number of furan rings is 1. The van der Waals surface area contributed by atoms with Gasteiger partial charge in [-0.2, -0.15) is 0 Å². The lowest BCUT2D eigenvalue weighted by molar-refractivity contribution is -0.196. The molecule has 150 valence electrons. The molecule has 1 aliphatic rings. The Morgan fingerprint density at radius 3 is 2.71 bits per heavy atom. The van der Waals surface area contributed by atoms with Gasteiger partial charge in [0.1, 0.15) is 23.5 Å². The van der Waals surface area contributed by atoms with Gasteiger partial charge in [0.15, 0.2) is 5.60 Å². The molecule has 2 aromatic rings. The van der Waals surface area contributed by atoms with Crippen molar-refractivity contribution in [3.8, 4) is 5.75 Å². The molecular formula is C19H20O9. The summed E-state index contributed by atoms with van der Waals surface area (Å²) >= 11 is 0. The molecule has 0 bridgehead atoms. The van der Waals surface area contributed by atoms with Gasteiger partial charge in [0, 0.05) is 29.9 Å². The maximum Gasteiger partial charge on any atom is 0.335 e. The molecule has 1 aromatic heterocycles. The van der Waals surface area contributed by atoms with Gasteiger partial charge in [0.25, 0.3) is 0 Å². The van der Waals surface area contributed by atoms with Crippen molar-refractivity contribution in [3.05, 3.63) is 36.1 Å². The minimum absolute atomic E-state index is 0.492. The van der Waals surface area contributed by atoms with Gasteiger partial charge in [0.05, 0.1) is 19.5 Å². The van der Waals surface area contributed by atoms with Crippen molar-refractivity contribution in [1.29, 1.82) is 0 Å². The first-order chi connectivity index (χ1) is 13.2. The Bertz CT molecular complexity index is 915. The van der Waals surface area contributed by atoms with Crippen molar-refractivity contribution in [2.75, 3.05) is 7.11 Å². The SMILES string of the molecule is COc1cc2ccoc2cc1/C=C/C(=O)O[C@@H]1C[C@](O)(C(=O)O)C[C@@H](O)[C@H]1O. The van der Waals surface area contributed by atoms with E-state index < -0.39 is 48.7 Å². The number of methoxy groups -OCH3 is 1.